The maximum absolute atomic E-state index is 11.9. The van der Waals surface area contributed by atoms with Gasteiger partial charge in [-0.2, -0.15) is 0 Å². The summed E-state index contributed by atoms with van der Waals surface area (Å²) in [5, 5.41) is 14.6. The number of primary amides is 1. The fraction of sp³-hybridized carbons (Fsp3) is 0.150. The highest BCUT2D eigenvalue weighted by Gasteiger charge is 2.15. The Morgan fingerprint density at radius 3 is 2.45 bits per heavy atom. The van der Waals surface area contributed by atoms with Crippen molar-refractivity contribution in [2.75, 3.05) is 12.3 Å². The highest BCUT2D eigenvalue weighted by Crippen LogP contribution is 2.11. The number of amides is 2. The van der Waals surface area contributed by atoms with Gasteiger partial charge in [-0.15, -0.1) is 0 Å². The van der Waals surface area contributed by atoms with Gasteiger partial charge in [-0.05, 0) is 19.1 Å². The van der Waals surface area contributed by atoms with Crippen LogP contribution in [-0.2, 0) is 11.3 Å². The topological polar surface area (TPSA) is 229 Å². The first-order chi connectivity index (χ1) is 15.8. The van der Waals surface area contributed by atoms with Gasteiger partial charge in [0.25, 0.3) is 11.5 Å². The summed E-state index contributed by atoms with van der Waals surface area (Å²) in [7, 11) is 0. The molecule has 3 heterocycles. The van der Waals surface area contributed by atoms with Crippen molar-refractivity contribution in [3.63, 3.8) is 0 Å². The molecule has 2 aliphatic rings. The summed E-state index contributed by atoms with van der Waals surface area (Å²) in [4.78, 5) is 52.4. The lowest BCUT2D eigenvalue weighted by Gasteiger charge is -2.05. The van der Waals surface area contributed by atoms with Crippen LogP contribution in [0.25, 0.3) is 0 Å². The van der Waals surface area contributed by atoms with Crippen LogP contribution >= 0.6 is 0 Å². The zero-order valence-electron chi connectivity index (χ0n) is 17.5. The largest absolute Gasteiger partial charge is 0.369 e. The molecule has 33 heavy (non-hydrogen) atoms. The second-order valence-corrected chi connectivity index (χ2v) is 6.50. The van der Waals surface area contributed by atoms with Crippen molar-refractivity contribution in [1.29, 1.82) is 10.8 Å². The molecule has 0 radical (unpaired) electrons. The number of rotatable bonds is 3. The second kappa shape index (κ2) is 11.4. The minimum atomic E-state index is -0.552. The van der Waals surface area contributed by atoms with Gasteiger partial charge in [0, 0.05) is 28.8 Å². The summed E-state index contributed by atoms with van der Waals surface area (Å²) < 4.78 is 0. The number of nitrogens with zero attached hydrogens (tertiary/aromatic N) is 6. The number of aromatic nitrogens is 2. The van der Waals surface area contributed by atoms with E-state index < -0.39 is 5.91 Å². The molecule has 168 valence electrons. The van der Waals surface area contributed by atoms with Crippen molar-refractivity contribution in [2.24, 2.45) is 20.7 Å². The number of amidine groups is 1. The van der Waals surface area contributed by atoms with Crippen LogP contribution in [0.4, 0.5) is 5.95 Å². The van der Waals surface area contributed by atoms with Crippen molar-refractivity contribution in [3.8, 4) is 0 Å². The summed E-state index contributed by atoms with van der Waals surface area (Å²) in [6.07, 6.45) is 3.03. The fourth-order valence-corrected chi connectivity index (χ4v) is 2.73. The van der Waals surface area contributed by atoms with Gasteiger partial charge in [-0.25, -0.2) is 9.98 Å². The number of fused-ring (bicyclic) bond motifs is 1. The number of H-pyrrole nitrogens is 1. The predicted octanol–water partition coefficient (Wildman–Crippen LogP) is -0.0266. The van der Waals surface area contributed by atoms with E-state index in [-0.39, 0.29) is 24.0 Å². The molecule has 1 aromatic heterocycles. The number of anilines is 1. The number of allylic oxidation sites excluding steroid dienone is 1. The van der Waals surface area contributed by atoms with Gasteiger partial charge < -0.3 is 16.8 Å². The summed E-state index contributed by atoms with van der Waals surface area (Å²) in [6.45, 7) is 2.28. The van der Waals surface area contributed by atoms with E-state index in [1.807, 2.05) is 6.07 Å². The summed E-state index contributed by atoms with van der Waals surface area (Å²) >= 11 is 0. The molecule has 2 amide bonds. The first-order valence-corrected chi connectivity index (χ1v) is 9.38. The van der Waals surface area contributed by atoms with Gasteiger partial charge in [0.05, 0.1) is 35.6 Å². The molecule has 0 bridgehead atoms. The molecular weight excluding hydrogens is 428 g/mol. The molecular formula is C20H20N10O3. The third kappa shape index (κ3) is 6.49. The lowest BCUT2D eigenvalue weighted by molar-refractivity contribution is -0.114. The third-order valence-electron chi connectivity index (χ3n) is 4.22. The Bertz CT molecular complexity index is 1240. The highest BCUT2D eigenvalue weighted by molar-refractivity contribution is 6.08. The number of hydrogen-bond acceptors (Lipinski definition) is 10. The van der Waals surface area contributed by atoms with Crippen molar-refractivity contribution in [1.82, 2.24) is 15.3 Å². The van der Waals surface area contributed by atoms with Crippen LogP contribution in [0, 0.1) is 10.8 Å². The summed E-state index contributed by atoms with van der Waals surface area (Å²) in [6, 6.07) is 8.79. The Morgan fingerprint density at radius 2 is 1.79 bits per heavy atom. The van der Waals surface area contributed by atoms with E-state index in [1.54, 1.807) is 37.4 Å². The van der Waals surface area contributed by atoms with E-state index in [2.05, 4.69) is 30.3 Å². The van der Waals surface area contributed by atoms with Crippen LogP contribution in [0.3, 0.4) is 0 Å². The van der Waals surface area contributed by atoms with Gasteiger partial charge >= 0.3 is 0 Å². The van der Waals surface area contributed by atoms with Gasteiger partial charge in [-0.1, -0.05) is 18.2 Å². The molecule has 0 atom stereocenters. The number of benzene rings is 1. The molecule has 6 N–H and O–H groups in total. The van der Waals surface area contributed by atoms with Crippen LogP contribution < -0.4 is 22.3 Å². The maximum atomic E-state index is 11.9. The Labute approximate surface area is 187 Å². The first kappa shape index (κ1) is 24.3. The molecule has 1 aromatic carbocycles. The van der Waals surface area contributed by atoms with Crippen LogP contribution in [0.1, 0.15) is 28.5 Å². The Balaban J connectivity index is 0.000000249. The molecule has 0 unspecified atom stereocenters. The lowest BCUT2D eigenvalue weighted by Crippen LogP contribution is -2.28. The Morgan fingerprint density at radius 1 is 1.12 bits per heavy atom. The molecule has 0 saturated heterocycles. The third-order valence-corrected chi connectivity index (χ3v) is 4.22. The van der Waals surface area contributed by atoms with Crippen LogP contribution in [0.2, 0.25) is 0 Å². The number of nitrogens with one attached hydrogen (secondary N) is 2. The van der Waals surface area contributed by atoms with E-state index in [9.17, 15) is 14.4 Å². The van der Waals surface area contributed by atoms with Crippen molar-refractivity contribution in [3.05, 3.63) is 68.8 Å². The van der Waals surface area contributed by atoms with E-state index in [1.165, 1.54) is 6.21 Å². The van der Waals surface area contributed by atoms with Gasteiger partial charge in [0.1, 0.15) is 5.84 Å². The zero-order chi connectivity index (χ0) is 24.4. The average Bonchev–Trinajstić information content (AvgIpc) is 3.46. The van der Waals surface area contributed by atoms with Crippen molar-refractivity contribution >= 4 is 36.0 Å². The molecule has 2 aromatic rings. The predicted molar refractivity (Wildman–Crippen MR) is 121 cm³/mol. The van der Waals surface area contributed by atoms with Crippen molar-refractivity contribution in [2.45, 2.75) is 13.5 Å². The normalized spacial score (nSPS) is 13.4. The average molecular weight is 448 g/mol. The Kier molecular flexibility index (Phi) is 8.40. The van der Waals surface area contributed by atoms with E-state index in [0.29, 0.717) is 40.5 Å². The number of nitrogen functional groups attached to an aromatic ring is 1. The molecule has 0 spiro atoms. The Hall–Kier alpha value is -4.99. The van der Waals surface area contributed by atoms with Gasteiger partial charge in [0.15, 0.2) is 0 Å². The smallest absolute Gasteiger partial charge is 0.258 e. The standard InChI is InChI=1S/C14H14N4O2.C6H6N4O.N2/c1-9(17-12-8-16-7-11(12)13(15)19)18-14(20)10-5-3-2-4-6-10;7-6-9-4-2-8-1-3(4)5(11)10-6;1-2/h2-6,8H,7H2,1H3,(H2,15,19)(H,17,18,20);2H,1H2,(H3,7,9,10,11);. The molecule has 13 heteroatoms. The number of carbonyl (C=O) groups excluding carboxylic acids is 2. The highest BCUT2D eigenvalue weighted by atomic mass is 16.2. The molecule has 13 nitrogen and oxygen atoms in total. The molecule has 0 saturated carbocycles. The van der Waals surface area contributed by atoms with Crippen LogP contribution in [-0.4, -0.2) is 46.6 Å². The van der Waals surface area contributed by atoms with Crippen molar-refractivity contribution < 1.29 is 9.59 Å². The molecule has 0 fully saturated rings. The van der Waals surface area contributed by atoms with Crippen LogP contribution in [0.15, 0.2) is 61.4 Å². The summed E-state index contributed by atoms with van der Waals surface area (Å²) in [5.41, 5.74) is 12.8. The van der Waals surface area contributed by atoms with Gasteiger partial charge in [-0.3, -0.25) is 29.4 Å². The minimum Gasteiger partial charge on any atom is -0.369 e. The van der Waals surface area contributed by atoms with Crippen LogP contribution in [0.5, 0.6) is 0 Å². The fourth-order valence-electron chi connectivity index (χ4n) is 2.73. The lowest BCUT2D eigenvalue weighted by atomic mass is 10.2. The molecule has 2 aliphatic heterocycles. The number of hydrogen-bond donors (Lipinski definition) is 4. The van der Waals surface area contributed by atoms with E-state index in [0.717, 1.165) is 0 Å². The quantitative estimate of drug-likeness (QED) is 0.284. The monoisotopic (exact) mass is 448 g/mol. The second-order valence-electron chi connectivity index (χ2n) is 6.50. The maximum Gasteiger partial charge on any atom is 0.258 e. The SMILES string of the molecule is CC(=NC1=C(C(N)=O)CN=C1)NC(=O)c1ccccc1.N#N.Nc1nc2c(c(=O)[nH]1)CN=C2. The number of carbonyl (C=O) groups is 2. The number of nitrogens with two attached hydrogens (primary N) is 2. The van der Waals surface area contributed by atoms with E-state index in [4.69, 9.17) is 22.3 Å². The number of aliphatic imine (C=N–C) groups is 3. The molecule has 4 rings (SSSR count). The minimum absolute atomic E-state index is 0.141. The van der Waals surface area contributed by atoms with E-state index >= 15 is 0 Å². The number of aromatic amines is 1. The van der Waals surface area contributed by atoms with Gasteiger partial charge in [0.2, 0.25) is 11.9 Å². The zero-order valence-corrected chi connectivity index (χ0v) is 17.5. The molecule has 0 aliphatic carbocycles. The summed E-state index contributed by atoms with van der Waals surface area (Å²) in [5.74, 6) is -0.297. The first-order valence-electron chi connectivity index (χ1n) is 9.38.